The van der Waals surface area contributed by atoms with Crippen LogP contribution in [0.4, 0.5) is 4.39 Å². The summed E-state index contributed by atoms with van der Waals surface area (Å²) in [4.78, 5) is 41.3. The quantitative estimate of drug-likeness (QED) is 0.451. The Labute approximate surface area is 215 Å². The molecule has 37 heavy (non-hydrogen) atoms. The average molecular weight is 502 g/mol. The predicted molar refractivity (Wildman–Crippen MR) is 138 cm³/mol. The molecule has 1 amide bonds. The van der Waals surface area contributed by atoms with Crippen molar-refractivity contribution < 1.29 is 28.6 Å². The second-order valence-corrected chi connectivity index (χ2v) is 9.11. The number of hydrogen-bond donors (Lipinski definition) is 1. The predicted octanol–water partition coefficient (Wildman–Crippen LogP) is 4.74. The highest BCUT2D eigenvalue weighted by molar-refractivity contribution is 6.01. The SMILES string of the molecule is COCC(=O)N1C(C=Cc2ccccc2)C(C(=O)c2cccc(C)c2)C(c2ccc(F)cc2)C1C(=O)O. The number of carbonyl (C=O) groups excluding carboxylic acids is 2. The van der Waals surface area contributed by atoms with E-state index in [0.717, 1.165) is 11.1 Å². The molecule has 1 fully saturated rings. The Morgan fingerprint density at radius 3 is 2.32 bits per heavy atom. The van der Waals surface area contributed by atoms with Crippen LogP contribution in [0.2, 0.25) is 0 Å². The van der Waals surface area contributed by atoms with Crippen LogP contribution in [-0.4, -0.2) is 53.5 Å². The fourth-order valence-electron chi connectivity index (χ4n) is 5.10. The zero-order valence-corrected chi connectivity index (χ0v) is 20.6. The Morgan fingerprint density at radius 1 is 1.00 bits per heavy atom. The number of methoxy groups -OCH3 is 1. The number of benzene rings is 3. The number of ether oxygens (including phenoxy) is 1. The lowest BCUT2D eigenvalue weighted by Crippen LogP contribution is -2.47. The Kier molecular flexibility index (Phi) is 7.94. The van der Waals surface area contributed by atoms with Gasteiger partial charge < -0.3 is 14.7 Å². The van der Waals surface area contributed by atoms with Crippen LogP contribution < -0.4 is 0 Å². The highest BCUT2D eigenvalue weighted by Gasteiger charge is 2.56. The number of amides is 1. The van der Waals surface area contributed by atoms with Crippen molar-refractivity contribution in [3.63, 3.8) is 0 Å². The summed E-state index contributed by atoms with van der Waals surface area (Å²) >= 11 is 0. The molecule has 0 spiro atoms. The summed E-state index contributed by atoms with van der Waals surface area (Å²) in [5, 5.41) is 10.4. The minimum Gasteiger partial charge on any atom is -0.480 e. The van der Waals surface area contributed by atoms with Gasteiger partial charge in [-0.1, -0.05) is 78.4 Å². The number of carboxylic acids is 1. The monoisotopic (exact) mass is 501 g/mol. The van der Waals surface area contributed by atoms with Gasteiger partial charge in [-0.25, -0.2) is 9.18 Å². The number of Topliss-reactive ketones (excluding diaryl/α,β-unsaturated/α-hetero) is 1. The molecule has 3 aromatic rings. The molecule has 0 bridgehead atoms. The third-order valence-electron chi connectivity index (χ3n) is 6.67. The van der Waals surface area contributed by atoms with Crippen LogP contribution >= 0.6 is 0 Å². The number of carbonyl (C=O) groups is 3. The number of nitrogens with zero attached hydrogens (tertiary/aromatic N) is 1. The number of rotatable bonds is 8. The molecule has 1 heterocycles. The van der Waals surface area contributed by atoms with Gasteiger partial charge in [-0.05, 0) is 36.2 Å². The van der Waals surface area contributed by atoms with E-state index < -0.39 is 41.6 Å². The number of ketones is 1. The molecule has 1 aliphatic heterocycles. The van der Waals surface area contributed by atoms with E-state index in [-0.39, 0.29) is 12.4 Å². The zero-order valence-electron chi connectivity index (χ0n) is 20.6. The third kappa shape index (κ3) is 5.52. The number of aryl methyl sites for hydroxylation is 1. The van der Waals surface area contributed by atoms with Crippen molar-refractivity contribution >= 4 is 23.7 Å². The molecule has 7 heteroatoms. The van der Waals surface area contributed by atoms with Crippen molar-refractivity contribution in [2.75, 3.05) is 13.7 Å². The molecule has 0 saturated carbocycles. The maximum atomic E-state index is 14.1. The summed E-state index contributed by atoms with van der Waals surface area (Å²) in [6, 6.07) is 19.6. The van der Waals surface area contributed by atoms with Crippen LogP contribution in [0.3, 0.4) is 0 Å². The van der Waals surface area contributed by atoms with E-state index in [1.165, 1.54) is 36.3 Å². The van der Waals surface area contributed by atoms with E-state index in [9.17, 15) is 23.9 Å². The second kappa shape index (κ2) is 11.3. The first-order valence-electron chi connectivity index (χ1n) is 11.9. The van der Waals surface area contributed by atoms with Crippen LogP contribution in [-0.2, 0) is 14.3 Å². The number of carboxylic acid groups (broad SMARTS) is 1. The number of hydrogen-bond acceptors (Lipinski definition) is 4. The van der Waals surface area contributed by atoms with Gasteiger partial charge in [0.2, 0.25) is 5.91 Å². The Bertz CT molecular complexity index is 1310. The van der Waals surface area contributed by atoms with Gasteiger partial charge >= 0.3 is 5.97 Å². The average Bonchev–Trinajstić information content (AvgIpc) is 3.23. The molecule has 190 valence electrons. The van der Waals surface area contributed by atoms with Crippen molar-refractivity contribution in [1.82, 2.24) is 4.90 Å². The van der Waals surface area contributed by atoms with Gasteiger partial charge in [0.15, 0.2) is 5.78 Å². The molecule has 4 atom stereocenters. The van der Waals surface area contributed by atoms with E-state index in [2.05, 4.69) is 0 Å². The van der Waals surface area contributed by atoms with Crippen molar-refractivity contribution in [2.24, 2.45) is 5.92 Å². The van der Waals surface area contributed by atoms with Crippen LogP contribution in [0.25, 0.3) is 6.08 Å². The minimum atomic E-state index is -1.36. The molecule has 3 aromatic carbocycles. The minimum absolute atomic E-state index is 0.292. The summed E-state index contributed by atoms with van der Waals surface area (Å²) in [5.74, 6) is -4.44. The van der Waals surface area contributed by atoms with Crippen molar-refractivity contribution in [1.29, 1.82) is 0 Å². The maximum Gasteiger partial charge on any atom is 0.327 e. The van der Waals surface area contributed by atoms with Crippen molar-refractivity contribution in [3.8, 4) is 0 Å². The molecule has 1 N–H and O–H groups in total. The lowest BCUT2D eigenvalue weighted by Gasteiger charge is -2.28. The van der Waals surface area contributed by atoms with Crippen LogP contribution in [0.5, 0.6) is 0 Å². The molecule has 0 aromatic heterocycles. The highest BCUT2D eigenvalue weighted by Crippen LogP contribution is 2.45. The molecule has 1 aliphatic rings. The fraction of sp³-hybridized carbons (Fsp3) is 0.233. The standard InChI is InChI=1S/C30H28FNO5/c1-19-7-6-10-22(17-19)29(34)27-24(16-11-20-8-4-3-5-9-20)32(25(33)18-37-2)28(30(35)36)26(27)21-12-14-23(31)15-13-21/h3-17,24,26-28H,18H2,1-2H3,(H,35,36). The number of likely N-dealkylation sites (tertiary alicyclic amines) is 1. The Hall–Kier alpha value is -4.10. The van der Waals surface area contributed by atoms with Crippen LogP contribution in [0, 0.1) is 18.7 Å². The van der Waals surface area contributed by atoms with Crippen LogP contribution in [0.1, 0.15) is 33.0 Å². The lowest BCUT2D eigenvalue weighted by molar-refractivity contribution is -0.151. The Balaban J connectivity index is 1.92. The maximum absolute atomic E-state index is 14.1. The van der Waals surface area contributed by atoms with E-state index in [1.54, 1.807) is 30.4 Å². The molecule has 1 saturated heterocycles. The molecule has 0 aliphatic carbocycles. The van der Waals surface area contributed by atoms with E-state index in [4.69, 9.17) is 4.74 Å². The van der Waals surface area contributed by atoms with Gasteiger partial charge in [-0.2, -0.15) is 0 Å². The molecule has 6 nitrogen and oxygen atoms in total. The largest absolute Gasteiger partial charge is 0.480 e. The second-order valence-electron chi connectivity index (χ2n) is 9.11. The van der Waals surface area contributed by atoms with E-state index >= 15 is 0 Å². The Morgan fingerprint density at radius 2 is 1.70 bits per heavy atom. The van der Waals surface area contributed by atoms with Gasteiger partial charge in [-0.15, -0.1) is 0 Å². The topological polar surface area (TPSA) is 83.9 Å². The highest BCUT2D eigenvalue weighted by atomic mass is 19.1. The first-order valence-corrected chi connectivity index (χ1v) is 11.9. The normalized spacial score (nSPS) is 21.3. The first-order chi connectivity index (χ1) is 17.8. The smallest absolute Gasteiger partial charge is 0.327 e. The first kappa shape index (κ1) is 26.0. The van der Waals surface area contributed by atoms with Gasteiger partial charge in [0.1, 0.15) is 18.5 Å². The zero-order chi connectivity index (χ0) is 26.5. The van der Waals surface area contributed by atoms with Crippen LogP contribution in [0.15, 0.2) is 84.9 Å². The number of halogens is 1. The summed E-state index contributed by atoms with van der Waals surface area (Å²) in [6.07, 6.45) is 3.49. The molecule has 0 radical (unpaired) electrons. The van der Waals surface area contributed by atoms with E-state index in [1.807, 2.05) is 43.3 Å². The van der Waals surface area contributed by atoms with Gasteiger partial charge in [0, 0.05) is 18.6 Å². The summed E-state index contributed by atoms with van der Waals surface area (Å²) in [5.41, 5.74) is 2.59. The lowest BCUT2D eigenvalue weighted by atomic mass is 9.77. The van der Waals surface area contributed by atoms with Crippen molar-refractivity contribution in [2.45, 2.75) is 24.9 Å². The third-order valence-corrected chi connectivity index (χ3v) is 6.67. The summed E-state index contributed by atoms with van der Waals surface area (Å²) in [7, 11) is 1.35. The van der Waals surface area contributed by atoms with Gasteiger partial charge in [-0.3, -0.25) is 9.59 Å². The van der Waals surface area contributed by atoms with E-state index in [0.29, 0.717) is 11.1 Å². The molecular formula is C30H28FNO5. The molecule has 4 unspecified atom stereocenters. The fourth-order valence-corrected chi connectivity index (χ4v) is 5.10. The van der Waals surface area contributed by atoms with Crippen molar-refractivity contribution in [3.05, 3.63) is 113 Å². The number of aliphatic carboxylic acids is 1. The van der Waals surface area contributed by atoms with Gasteiger partial charge in [0.05, 0.1) is 12.0 Å². The molecular weight excluding hydrogens is 473 g/mol. The summed E-state index contributed by atoms with van der Waals surface area (Å²) in [6.45, 7) is 1.52. The molecule has 4 rings (SSSR count). The summed E-state index contributed by atoms with van der Waals surface area (Å²) < 4.78 is 18.9. The van der Waals surface area contributed by atoms with Gasteiger partial charge in [0.25, 0.3) is 0 Å².